The topological polar surface area (TPSA) is 98.7 Å². The van der Waals surface area contributed by atoms with Gasteiger partial charge < -0.3 is 14.8 Å². The van der Waals surface area contributed by atoms with Crippen molar-refractivity contribution >= 4 is 43.8 Å². The van der Waals surface area contributed by atoms with Crippen LogP contribution in [0.1, 0.15) is 44.5 Å². The van der Waals surface area contributed by atoms with Gasteiger partial charge in [0.25, 0.3) is 0 Å². The van der Waals surface area contributed by atoms with Crippen LogP contribution < -0.4 is 0 Å². The maximum atomic E-state index is 12.5. The van der Waals surface area contributed by atoms with Gasteiger partial charge in [0.05, 0.1) is 17.6 Å². The lowest BCUT2D eigenvalue weighted by molar-refractivity contribution is -1.15. The molecule has 2 saturated heterocycles. The minimum absolute atomic E-state index is 0.0733. The van der Waals surface area contributed by atoms with Crippen molar-refractivity contribution in [1.82, 2.24) is 15.0 Å². The number of nitrogens with zero attached hydrogens (tertiary/aromatic N) is 3. The molecule has 170 valence electrons. The molecule has 3 atom stereocenters. The van der Waals surface area contributed by atoms with E-state index in [9.17, 15) is 15.1 Å². The van der Waals surface area contributed by atoms with Gasteiger partial charge in [-0.1, -0.05) is 28.1 Å². The Hall–Kier alpha value is -2.04. The number of nitrogens with one attached hydrogen (secondary N) is 1. The Kier molecular flexibility index (Phi) is 5.71. The first-order chi connectivity index (χ1) is 15.4. The minimum Gasteiger partial charge on any atom is -0.432 e. The van der Waals surface area contributed by atoms with Crippen LogP contribution in [0.3, 0.4) is 0 Å². The average Bonchev–Trinajstić information content (AvgIpc) is 3.45. The third-order valence-electron chi connectivity index (χ3n) is 7.18. The monoisotopic (exact) mass is 503 g/mol. The lowest BCUT2D eigenvalue weighted by atomic mass is 9.92. The van der Waals surface area contributed by atoms with Gasteiger partial charge in [0.2, 0.25) is 0 Å². The summed E-state index contributed by atoms with van der Waals surface area (Å²) in [6.45, 7) is 3.53. The maximum Gasteiger partial charge on any atom is 0.568 e. The van der Waals surface area contributed by atoms with Gasteiger partial charge in [-0.05, 0) is 60.9 Å². The molecule has 0 saturated carbocycles. The van der Waals surface area contributed by atoms with E-state index in [1.807, 2.05) is 31.2 Å². The molecule has 0 radical (unpaired) electrons. The molecule has 3 unspecified atom stereocenters. The summed E-state index contributed by atoms with van der Waals surface area (Å²) in [4.78, 5) is 20.8. The number of carboxylic acid groups (broad SMARTS) is 1. The van der Waals surface area contributed by atoms with Crippen LogP contribution in [0.15, 0.2) is 34.8 Å². The third-order valence-corrected chi connectivity index (χ3v) is 7.67. The highest BCUT2D eigenvalue weighted by Crippen LogP contribution is 2.40. The van der Waals surface area contributed by atoms with E-state index in [4.69, 9.17) is 9.72 Å². The fourth-order valence-corrected chi connectivity index (χ4v) is 5.73. The van der Waals surface area contributed by atoms with Crippen LogP contribution in [0.4, 0.5) is 4.79 Å². The van der Waals surface area contributed by atoms with Crippen LogP contribution in [0.2, 0.25) is 0 Å². The van der Waals surface area contributed by atoms with Gasteiger partial charge in [0.15, 0.2) is 6.04 Å². The van der Waals surface area contributed by atoms with E-state index in [2.05, 4.69) is 27.0 Å². The van der Waals surface area contributed by atoms with Crippen molar-refractivity contribution in [2.75, 3.05) is 19.8 Å². The summed E-state index contributed by atoms with van der Waals surface area (Å²) in [5.74, 6) is 0.772. The van der Waals surface area contributed by atoms with Crippen molar-refractivity contribution in [2.45, 2.75) is 44.7 Å². The van der Waals surface area contributed by atoms with Gasteiger partial charge in [-0.3, -0.25) is 0 Å². The molecule has 0 aliphatic carbocycles. The number of ether oxygens (including phenoxy) is 1. The lowest BCUT2D eigenvalue weighted by Gasteiger charge is -2.42. The summed E-state index contributed by atoms with van der Waals surface area (Å²) < 4.78 is 5.34. The number of hydroxylamine groups is 2. The fraction of sp³-hybridized carbons (Fsp3) is 0.478. The van der Waals surface area contributed by atoms with E-state index in [-0.39, 0.29) is 12.0 Å². The largest absolute Gasteiger partial charge is 0.568 e. The van der Waals surface area contributed by atoms with Crippen molar-refractivity contribution in [3.63, 3.8) is 0 Å². The van der Waals surface area contributed by atoms with Gasteiger partial charge >= 0.3 is 6.09 Å². The minimum atomic E-state index is -1.25. The number of hydrogen-bond acceptors (Lipinski definition) is 5. The summed E-state index contributed by atoms with van der Waals surface area (Å²) >= 11 is 3.52. The van der Waals surface area contributed by atoms with Crippen LogP contribution in [0.25, 0.3) is 21.8 Å². The van der Waals surface area contributed by atoms with Crippen LogP contribution in [-0.2, 0) is 4.74 Å². The molecule has 3 aromatic rings. The number of hydrogen-bond donors (Lipinski definition) is 3. The molecule has 2 fully saturated rings. The van der Waals surface area contributed by atoms with E-state index >= 15 is 0 Å². The predicted molar refractivity (Wildman–Crippen MR) is 123 cm³/mol. The standard InChI is InChI=1S/C23H27BrN4O4/c1-14(15-8-11-32-12-9-15)28(31,23(29)30)27-10-2-3-20(27)22-25-19-7-4-16-13-17(24)5-6-18(16)21(19)26-22/h4-7,13-15,20,31H,2-3,8-12H2,1H3,(H-,25,26,29,30)/p+1. The zero-order valence-electron chi connectivity index (χ0n) is 18.0. The molecular weight excluding hydrogens is 476 g/mol. The number of fused-ring (bicyclic) bond motifs is 3. The molecule has 9 heteroatoms. The van der Waals surface area contributed by atoms with Gasteiger partial charge in [-0.15, -0.1) is 5.01 Å². The zero-order chi connectivity index (χ0) is 22.5. The number of halogens is 1. The second kappa shape index (κ2) is 8.39. The normalized spacial score (nSPS) is 23.5. The van der Waals surface area contributed by atoms with E-state index in [0.717, 1.165) is 52.0 Å². The molecule has 2 aliphatic heterocycles. The number of quaternary nitrogens is 1. The average molecular weight is 504 g/mol. The number of carbonyl (C=O) groups is 1. The Morgan fingerprint density at radius 3 is 2.81 bits per heavy atom. The molecule has 5 rings (SSSR count). The molecule has 1 aromatic heterocycles. The van der Waals surface area contributed by atoms with E-state index in [0.29, 0.717) is 25.6 Å². The van der Waals surface area contributed by atoms with Crippen LogP contribution in [0, 0.1) is 5.92 Å². The van der Waals surface area contributed by atoms with Crippen molar-refractivity contribution in [3.8, 4) is 0 Å². The van der Waals surface area contributed by atoms with E-state index in [1.54, 1.807) is 5.01 Å². The van der Waals surface area contributed by atoms with E-state index < -0.39 is 16.9 Å². The fourth-order valence-electron chi connectivity index (χ4n) is 5.35. The molecule has 0 spiro atoms. The third kappa shape index (κ3) is 3.52. The molecule has 0 bridgehead atoms. The van der Waals surface area contributed by atoms with Gasteiger partial charge in [0, 0.05) is 29.0 Å². The summed E-state index contributed by atoms with van der Waals surface area (Å²) in [7, 11) is 0. The predicted octanol–water partition coefficient (Wildman–Crippen LogP) is 5.23. The smallest absolute Gasteiger partial charge is 0.432 e. The van der Waals surface area contributed by atoms with Crippen LogP contribution in [-0.4, -0.2) is 61.9 Å². The number of H-pyrrole nitrogens is 1. The first kappa shape index (κ1) is 21.8. The van der Waals surface area contributed by atoms with Crippen LogP contribution in [0.5, 0.6) is 0 Å². The SMILES string of the molecule is CC(C1CCOCC1)[N+](O)(C(=O)O)N1CCCC1c1nc2c(ccc3cc(Br)ccc32)[nH]1. The summed E-state index contributed by atoms with van der Waals surface area (Å²) in [6.07, 6.45) is 1.78. The van der Waals surface area contributed by atoms with Crippen molar-refractivity contribution < 1.29 is 24.6 Å². The van der Waals surface area contributed by atoms with Crippen molar-refractivity contribution in [2.24, 2.45) is 5.92 Å². The number of aromatic nitrogens is 2. The lowest BCUT2D eigenvalue weighted by Crippen LogP contribution is -2.67. The Labute approximate surface area is 194 Å². The molecule has 1 amide bonds. The maximum absolute atomic E-state index is 12.5. The van der Waals surface area contributed by atoms with Gasteiger partial charge in [0.1, 0.15) is 11.9 Å². The number of rotatable bonds is 4. The summed E-state index contributed by atoms with van der Waals surface area (Å²) in [5.41, 5.74) is 1.77. The number of imidazole rings is 1. The molecule has 2 aliphatic rings. The molecular formula is C23H28BrN4O4+. The van der Waals surface area contributed by atoms with Gasteiger partial charge in [-0.2, -0.15) is 10.0 Å². The highest BCUT2D eigenvalue weighted by atomic mass is 79.9. The summed E-state index contributed by atoms with van der Waals surface area (Å²) in [6, 6.07) is 9.34. The number of amides is 1. The Balaban J connectivity index is 1.53. The molecule has 32 heavy (non-hydrogen) atoms. The Morgan fingerprint density at radius 1 is 1.28 bits per heavy atom. The molecule has 8 nitrogen and oxygen atoms in total. The first-order valence-corrected chi connectivity index (χ1v) is 12.0. The Bertz CT molecular complexity index is 1160. The first-order valence-electron chi connectivity index (χ1n) is 11.2. The summed E-state index contributed by atoms with van der Waals surface area (Å²) in [5, 5.41) is 25.6. The molecule has 3 heterocycles. The van der Waals surface area contributed by atoms with Gasteiger partial charge in [-0.25, -0.2) is 4.98 Å². The number of aromatic amines is 1. The van der Waals surface area contributed by atoms with Crippen molar-refractivity contribution in [3.05, 3.63) is 40.6 Å². The molecule has 2 aromatic carbocycles. The van der Waals surface area contributed by atoms with Crippen molar-refractivity contribution in [1.29, 1.82) is 0 Å². The highest BCUT2D eigenvalue weighted by Gasteiger charge is 2.56. The second-order valence-corrected chi connectivity index (χ2v) is 9.81. The second-order valence-electron chi connectivity index (χ2n) is 8.89. The molecule has 3 N–H and O–H groups in total. The number of benzene rings is 2. The quantitative estimate of drug-likeness (QED) is 0.256. The Morgan fingerprint density at radius 2 is 2.06 bits per heavy atom. The van der Waals surface area contributed by atoms with E-state index in [1.165, 1.54) is 0 Å². The highest BCUT2D eigenvalue weighted by molar-refractivity contribution is 9.10. The van der Waals surface area contributed by atoms with Crippen LogP contribution >= 0.6 is 15.9 Å². The zero-order valence-corrected chi connectivity index (χ0v) is 19.6.